The highest BCUT2D eigenvalue weighted by atomic mass is 19.2. The Morgan fingerprint density at radius 1 is 1.24 bits per heavy atom. The molecule has 0 unspecified atom stereocenters. The molecule has 1 aromatic heterocycles. The van der Waals surface area contributed by atoms with Gasteiger partial charge in [0.25, 0.3) is 5.56 Å². The molecule has 0 aliphatic carbocycles. The van der Waals surface area contributed by atoms with Gasteiger partial charge in [0.1, 0.15) is 0 Å². The zero-order chi connectivity index (χ0) is 12.6. The number of hydrogen-bond acceptors (Lipinski definition) is 4. The maximum atomic E-state index is 13.0. The van der Waals surface area contributed by atoms with Crippen LogP contribution in [0.2, 0.25) is 0 Å². The van der Waals surface area contributed by atoms with Gasteiger partial charge in [-0.15, -0.1) is 5.10 Å². The third-order valence-corrected chi connectivity index (χ3v) is 2.09. The van der Waals surface area contributed by atoms with Crippen molar-refractivity contribution in [1.82, 2.24) is 9.78 Å². The van der Waals surface area contributed by atoms with Gasteiger partial charge in [0, 0.05) is 6.07 Å². The lowest BCUT2D eigenvalue weighted by atomic mass is 10.3. The first-order valence-corrected chi connectivity index (χ1v) is 4.53. The fraction of sp³-hybridized carbons (Fsp3) is 0. The summed E-state index contributed by atoms with van der Waals surface area (Å²) in [7, 11) is 0. The third kappa shape index (κ3) is 1.94. The standard InChI is InChI=1S/C10H7F2N3O2/c11-6-2-1-5(3-7(6)12)15-9(17)4-8(16)10(13)14-15/h1-4,16H,(H2,13,14). The summed E-state index contributed by atoms with van der Waals surface area (Å²) < 4.78 is 26.4. The maximum absolute atomic E-state index is 13.0. The van der Waals surface area contributed by atoms with Gasteiger partial charge in [0.2, 0.25) is 0 Å². The SMILES string of the molecule is Nc1nn(-c2ccc(F)c(F)c2)c(=O)cc1O. The van der Waals surface area contributed by atoms with Crippen LogP contribution in [0.25, 0.3) is 5.69 Å². The van der Waals surface area contributed by atoms with E-state index in [0.717, 1.165) is 22.9 Å². The monoisotopic (exact) mass is 239 g/mol. The van der Waals surface area contributed by atoms with Gasteiger partial charge in [-0.05, 0) is 12.1 Å². The van der Waals surface area contributed by atoms with Crippen LogP contribution in [-0.4, -0.2) is 14.9 Å². The molecule has 17 heavy (non-hydrogen) atoms. The normalized spacial score (nSPS) is 10.5. The van der Waals surface area contributed by atoms with Crippen molar-refractivity contribution in [3.63, 3.8) is 0 Å². The number of hydrogen-bond donors (Lipinski definition) is 2. The van der Waals surface area contributed by atoms with E-state index in [-0.39, 0.29) is 11.5 Å². The topological polar surface area (TPSA) is 81.1 Å². The summed E-state index contributed by atoms with van der Waals surface area (Å²) in [6.07, 6.45) is 0. The highest BCUT2D eigenvalue weighted by molar-refractivity contribution is 5.44. The van der Waals surface area contributed by atoms with Crippen LogP contribution in [0.4, 0.5) is 14.6 Å². The van der Waals surface area contributed by atoms with Crippen molar-refractivity contribution in [3.05, 3.63) is 46.3 Å². The van der Waals surface area contributed by atoms with Crippen molar-refractivity contribution in [2.75, 3.05) is 5.73 Å². The quantitative estimate of drug-likeness (QED) is 0.771. The molecule has 2 rings (SSSR count). The van der Waals surface area contributed by atoms with E-state index in [0.29, 0.717) is 0 Å². The predicted octanol–water partition coefficient (Wildman–Crippen LogP) is 0.798. The second-order valence-electron chi connectivity index (χ2n) is 3.26. The van der Waals surface area contributed by atoms with Gasteiger partial charge >= 0.3 is 0 Å². The summed E-state index contributed by atoms with van der Waals surface area (Å²) in [4.78, 5) is 11.5. The van der Waals surface area contributed by atoms with Crippen molar-refractivity contribution in [3.8, 4) is 11.4 Å². The number of halogens is 2. The van der Waals surface area contributed by atoms with Gasteiger partial charge in [-0.3, -0.25) is 4.79 Å². The smallest absolute Gasteiger partial charge is 0.275 e. The van der Waals surface area contributed by atoms with Crippen LogP contribution >= 0.6 is 0 Å². The average Bonchev–Trinajstić information content (AvgIpc) is 2.27. The summed E-state index contributed by atoms with van der Waals surface area (Å²) in [5.74, 6) is -2.89. The lowest BCUT2D eigenvalue weighted by Gasteiger charge is -2.06. The molecule has 0 aliphatic heterocycles. The molecule has 0 saturated carbocycles. The van der Waals surface area contributed by atoms with Gasteiger partial charge in [0.15, 0.2) is 23.2 Å². The molecular weight excluding hydrogens is 232 g/mol. The van der Waals surface area contributed by atoms with Crippen molar-refractivity contribution >= 4 is 5.82 Å². The second kappa shape index (κ2) is 3.85. The fourth-order valence-corrected chi connectivity index (χ4v) is 1.26. The van der Waals surface area contributed by atoms with E-state index in [4.69, 9.17) is 10.8 Å². The summed E-state index contributed by atoms with van der Waals surface area (Å²) in [5.41, 5.74) is 4.61. The summed E-state index contributed by atoms with van der Waals surface area (Å²) in [6.45, 7) is 0. The lowest BCUT2D eigenvalue weighted by molar-refractivity contribution is 0.470. The molecule has 0 saturated heterocycles. The lowest BCUT2D eigenvalue weighted by Crippen LogP contribution is -2.21. The fourth-order valence-electron chi connectivity index (χ4n) is 1.26. The number of benzene rings is 1. The molecule has 1 heterocycles. The molecule has 0 radical (unpaired) electrons. The molecule has 0 amide bonds. The van der Waals surface area contributed by atoms with Crippen LogP contribution in [0.15, 0.2) is 29.1 Å². The third-order valence-electron chi connectivity index (χ3n) is 2.09. The first-order chi connectivity index (χ1) is 7.99. The van der Waals surface area contributed by atoms with E-state index in [1.165, 1.54) is 6.07 Å². The summed E-state index contributed by atoms with van der Waals surface area (Å²) in [5, 5.41) is 12.7. The summed E-state index contributed by atoms with van der Waals surface area (Å²) >= 11 is 0. The Labute approximate surface area is 93.7 Å². The van der Waals surface area contributed by atoms with E-state index in [9.17, 15) is 13.6 Å². The molecular formula is C10H7F2N3O2. The number of nitrogens with zero attached hydrogens (tertiary/aromatic N) is 2. The van der Waals surface area contributed by atoms with Gasteiger partial charge in [0.05, 0.1) is 11.8 Å². The van der Waals surface area contributed by atoms with E-state index in [1.54, 1.807) is 0 Å². The van der Waals surface area contributed by atoms with Crippen LogP contribution in [0.3, 0.4) is 0 Å². The van der Waals surface area contributed by atoms with Gasteiger partial charge in [-0.25, -0.2) is 8.78 Å². The number of rotatable bonds is 1. The van der Waals surface area contributed by atoms with Crippen LogP contribution in [0.1, 0.15) is 0 Å². The molecule has 88 valence electrons. The molecule has 0 fully saturated rings. The number of aromatic nitrogens is 2. The molecule has 0 bridgehead atoms. The Balaban J connectivity index is 2.64. The van der Waals surface area contributed by atoms with E-state index in [1.807, 2.05) is 0 Å². The van der Waals surface area contributed by atoms with Crippen molar-refractivity contribution in [2.24, 2.45) is 0 Å². The Hall–Kier alpha value is -2.44. The van der Waals surface area contributed by atoms with Gasteiger partial charge < -0.3 is 10.8 Å². The highest BCUT2D eigenvalue weighted by Crippen LogP contribution is 2.15. The first-order valence-electron chi connectivity index (χ1n) is 4.53. The highest BCUT2D eigenvalue weighted by Gasteiger charge is 2.09. The molecule has 3 N–H and O–H groups in total. The van der Waals surface area contributed by atoms with Crippen LogP contribution in [0, 0.1) is 11.6 Å². The van der Waals surface area contributed by atoms with Crippen LogP contribution < -0.4 is 11.3 Å². The Morgan fingerprint density at radius 3 is 2.59 bits per heavy atom. The predicted molar refractivity (Wildman–Crippen MR) is 55.8 cm³/mol. The molecule has 5 nitrogen and oxygen atoms in total. The van der Waals surface area contributed by atoms with Crippen molar-refractivity contribution < 1.29 is 13.9 Å². The number of nitrogens with two attached hydrogens (primary N) is 1. The minimum atomic E-state index is -1.11. The Bertz CT molecular complexity index is 640. The van der Waals surface area contributed by atoms with Gasteiger partial charge in [-0.2, -0.15) is 4.68 Å². The van der Waals surface area contributed by atoms with Crippen molar-refractivity contribution in [1.29, 1.82) is 0 Å². The number of anilines is 1. The van der Waals surface area contributed by atoms with Gasteiger partial charge in [-0.1, -0.05) is 0 Å². The molecule has 1 aromatic carbocycles. The molecule has 2 aromatic rings. The molecule has 0 spiro atoms. The summed E-state index contributed by atoms with van der Waals surface area (Å²) in [6, 6.07) is 3.68. The Kier molecular flexibility index (Phi) is 2.51. The second-order valence-corrected chi connectivity index (χ2v) is 3.26. The number of nitrogen functional groups attached to an aromatic ring is 1. The first kappa shape index (κ1) is 11.1. The zero-order valence-corrected chi connectivity index (χ0v) is 8.39. The van der Waals surface area contributed by atoms with Crippen LogP contribution in [0.5, 0.6) is 5.75 Å². The zero-order valence-electron chi connectivity index (χ0n) is 8.39. The van der Waals surface area contributed by atoms with Crippen molar-refractivity contribution in [2.45, 2.75) is 0 Å². The average molecular weight is 239 g/mol. The van der Waals surface area contributed by atoms with E-state index < -0.39 is 22.9 Å². The van der Waals surface area contributed by atoms with E-state index in [2.05, 4.69) is 5.10 Å². The largest absolute Gasteiger partial charge is 0.504 e. The molecule has 7 heteroatoms. The number of aromatic hydroxyl groups is 1. The van der Waals surface area contributed by atoms with Crippen LogP contribution in [-0.2, 0) is 0 Å². The minimum absolute atomic E-state index is 0.0144. The van der Waals surface area contributed by atoms with E-state index >= 15 is 0 Å². The molecule has 0 atom stereocenters. The Morgan fingerprint density at radius 2 is 1.94 bits per heavy atom. The maximum Gasteiger partial charge on any atom is 0.275 e. The molecule has 0 aliphatic rings. The minimum Gasteiger partial charge on any atom is -0.504 e.